The van der Waals surface area contributed by atoms with E-state index in [1.165, 1.54) is 12.4 Å². The Hall–Kier alpha value is -1.99. The summed E-state index contributed by atoms with van der Waals surface area (Å²) in [5, 5.41) is 2.88. The van der Waals surface area contributed by atoms with Gasteiger partial charge in [0.15, 0.2) is 5.79 Å². The van der Waals surface area contributed by atoms with Gasteiger partial charge >= 0.3 is 0 Å². The highest BCUT2D eigenvalue weighted by Crippen LogP contribution is 2.31. The van der Waals surface area contributed by atoms with Crippen molar-refractivity contribution in [2.75, 3.05) is 32.8 Å². The number of piperidine rings is 1. The Kier molecular flexibility index (Phi) is 6.21. The molecule has 1 aromatic heterocycles. The highest BCUT2D eigenvalue weighted by Gasteiger charge is 2.40. The predicted octanol–water partition coefficient (Wildman–Crippen LogP) is 1.98. The molecule has 3 rings (SSSR count). The highest BCUT2D eigenvalue weighted by atomic mass is 16.7. The van der Waals surface area contributed by atoms with Crippen LogP contribution in [-0.4, -0.2) is 60.3 Å². The summed E-state index contributed by atoms with van der Waals surface area (Å²) in [7, 11) is 0. The summed E-state index contributed by atoms with van der Waals surface area (Å²) in [6, 6.07) is 1.62. The van der Waals surface area contributed by atoms with Gasteiger partial charge in [-0.2, -0.15) is 0 Å². The average molecular weight is 361 g/mol. The van der Waals surface area contributed by atoms with Gasteiger partial charge < -0.3 is 19.7 Å². The van der Waals surface area contributed by atoms with E-state index in [1.54, 1.807) is 11.0 Å². The standard InChI is InChI=1S/C19H27N3O4/c1-2-3-4-7-21-17(23)15-12-16(14-20-13-15)18(24)22-8-5-19(6-9-22)25-10-11-26-19/h12-14H,2-11H2,1H3,(H,21,23). The number of carbonyl (C=O) groups is 2. The number of carbonyl (C=O) groups excluding carboxylic acids is 2. The maximum absolute atomic E-state index is 12.7. The Morgan fingerprint density at radius 2 is 1.85 bits per heavy atom. The number of unbranched alkanes of at least 4 members (excludes halogenated alkanes) is 2. The number of rotatable bonds is 6. The van der Waals surface area contributed by atoms with Gasteiger partial charge in [-0.1, -0.05) is 19.8 Å². The van der Waals surface area contributed by atoms with Crippen LogP contribution in [0.15, 0.2) is 18.5 Å². The average Bonchev–Trinajstić information content (AvgIpc) is 3.13. The molecule has 1 aromatic rings. The second-order valence-electron chi connectivity index (χ2n) is 6.83. The lowest BCUT2D eigenvalue weighted by atomic mass is 10.0. The van der Waals surface area contributed by atoms with Gasteiger partial charge in [-0.3, -0.25) is 14.6 Å². The molecule has 3 heterocycles. The second-order valence-corrected chi connectivity index (χ2v) is 6.83. The lowest BCUT2D eigenvalue weighted by Crippen LogP contribution is -2.47. The SMILES string of the molecule is CCCCCNC(=O)c1cncc(C(=O)N2CCC3(CC2)OCCO3)c1. The molecule has 0 bridgehead atoms. The molecule has 2 fully saturated rings. The molecule has 7 nitrogen and oxygen atoms in total. The Bertz CT molecular complexity index is 633. The van der Waals surface area contributed by atoms with Crippen LogP contribution in [0.3, 0.4) is 0 Å². The number of nitrogens with one attached hydrogen (secondary N) is 1. The van der Waals surface area contributed by atoms with Gasteiger partial charge in [0, 0.05) is 44.9 Å². The molecule has 0 radical (unpaired) electrons. The quantitative estimate of drug-likeness (QED) is 0.784. The largest absolute Gasteiger partial charge is 0.352 e. The first kappa shape index (κ1) is 18.8. The number of ether oxygens (including phenoxy) is 2. The fourth-order valence-electron chi connectivity index (χ4n) is 3.38. The van der Waals surface area contributed by atoms with Crippen LogP contribution < -0.4 is 5.32 Å². The summed E-state index contributed by atoms with van der Waals surface area (Å²) < 4.78 is 11.4. The summed E-state index contributed by atoms with van der Waals surface area (Å²) in [5.41, 5.74) is 0.860. The number of hydrogen-bond donors (Lipinski definition) is 1. The number of pyridine rings is 1. The van der Waals surface area contributed by atoms with E-state index in [-0.39, 0.29) is 11.8 Å². The zero-order chi connectivity index (χ0) is 18.4. The summed E-state index contributed by atoms with van der Waals surface area (Å²) in [5.74, 6) is -0.797. The van der Waals surface area contributed by atoms with Crippen LogP contribution in [0.1, 0.15) is 59.7 Å². The van der Waals surface area contributed by atoms with E-state index in [0.717, 1.165) is 19.3 Å². The molecule has 0 atom stereocenters. The first-order chi connectivity index (χ1) is 12.6. The van der Waals surface area contributed by atoms with E-state index in [1.807, 2.05) is 0 Å². The third-order valence-electron chi connectivity index (χ3n) is 4.94. The van der Waals surface area contributed by atoms with Gasteiger partial charge in [-0.25, -0.2) is 0 Å². The molecule has 2 aliphatic rings. The van der Waals surface area contributed by atoms with Crippen molar-refractivity contribution in [2.24, 2.45) is 0 Å². The molecular formula is C19H27N3O4. The van der Waals surface area contributed by atoms with Crippen LogP contribution >= 0.6 is 0 Å². The monoisotopic (exact) mass is 361 g/mol. The molecule has 2 saturated heterocycles. The van der Waals surface area contributed by atoms with Crippen LogP contribution in [0.4, 0.5) is 0 Å². The minimum absolute atomic E-state index is 0.106. The summed E-state index contributed by atoms with van der Waals surface area (Å²) in [4.78, 5) is 30.8. The van der Waals surface area contributed by atoms with Crippen molar-refractivity contribution < 1.29 is 19.1 Å². The second kappa shape index (κ2) is 8.60. The maximum Gasteiger partial charge on any atom is 0.255 e. The Morgan fingerprint density at radius 1 is 1.15 bits per heavy atom. The van der Waals surface area contributed by atoms with Crippen LogP contribution in [-0.2, 0) is 9.47 Å². The normalized spacial score (nSPS) is 18.9. The van der Waals surface area contributed by atoms with Crippen LogP contribution in [0, 0.1) is 0 Å². The number of aromatic nitrogens is 1. The molecule has 2 aliphatic heterocycles. The van der Waals surface area contributed by atoms with Crippen molar-refractivity contribution in [2.45, 2.75) is 44.8 Å². The molecule has 2 amide bonds. The van der Waals surface area contributed by atoms with Gasteiger partial charge in [0.1, 0.15) is 0 Å². The Balaban J connectivity index is 1.57. The first-order valence-electron chi connectivity index (χ1n) is 9.44. The van der Waals surface area contributed by atoms with Gasteiger partial charge in [0.05, 0.1) is 24.3 Å². The van der Waals surface area contributed by atoms with Gasteiger partial charge in [-0.15, -0.1) is 0 Å². The van der Waals surface area contributed by atoms with Gasteiger partial charge in [-0.05, 0) is 12.5 Å². The number of hydrogen-bond acceptors (Lipinski definition) is 5. The zero-order valence-corrected chi connectivity index (χ0v) is 15.3. The van der Waals surface area contributed by atoms with Crippen molar-refractivity contribution in [1.29, 1.82) is 0 Å². The topological polar surface area (TPSA) is 80.8 Å². The molecule has 0 aliphatic carbocycles. The predicted molar refractivity (Wildman–Crippen MR) is 95.9 cm³/mol. The zero-order valence-electron chi connectivity index (χ0n) is 15.3. The third-order valence-corrected chi connectivity index (χ3v) is 4.94. The fraction of sp³-hybridized carbons (Fsp3) is 0.632. The Morgan fingerprint density at radius 3 is 2.54 bits per heavy atom. The third kappa shape index (κ3) is 4.40. The van der Waals surface area contributed by atoms with Gasteiger partial charge in [0.2, 0.25) is 0 Å². The van der Waals surface area contributed by atoms with E-state index in [2.05, 4.69) is 17.2 Å². The minimum atomic E-state index is -0.505. The molecule has 1 spiro atoms. The number of likely N-dealkylation sites (tertiary alicyclic amines) is 1. The number of nitrogens with zero attached hydrogens (tertiary/aromatic N) is 2. The molecule has 0 aromatic carbocycles. The van der Waals surface area contributed by atoms with Crippen molar-refractivity contribution in [1.82, 2.24) is 15.2 Å². The molecule has 142 valence electrons. The van der Waals surface area contributed by atoms with Crippen molar-refractivity contribution >= 4 is 11.8 Å². The molecule has 0 saturated carbocycles. The lowest BCUT2D eigenvalue weighted by molar-refractivity contribution is -0.181. The van der Waals surface area contributed by atoms with E-state index < -0.39 is 5.79 Å². The Labute approximate surface area is 154 Å². The summed E-state index contributed by atoms with van der Waals surface area (Å²) in [6.45, 7) is 5.15. The van der Waals surface area contributed by atoms with Crippen molar-refractivity contribution in [3.8, 4) is 0 Å². The highest BCUT2D eigenvalue weighted by molar-refractivity contribution is 5.99. The van der Waals surface area contributed by atoms with Crippen LogP contribution in [0.2, 0.25) is 0 Å². The van der Waals surface area contributed by atoms with Gasteiger partial charge in [0.25, 0.3) is 11.8 Å². The smallest absolute Gasteiger partial charge is 0.255 e. The summed E-state index contributed by atoms with van der Waals surface area (Å²) in [6.07, 6.45) is 7.50. The van der Waals surface area contributed by atoms with E-state index in [4.69, 9.17) is 9.47 Å². The first-order valence-corrected chi connectivity index (χ1v) is 9.44. The number of amides is 2. The minimum Gasteiger partial charge on any atom is -0.352 e. The molecule has 1 N–H and O–H groups in total. The maximum atomic E-state index is 12.7. The van der Waals surface area contributed by atoms with Crippen molar-refractivity contribution in [3.05, 3.63) is 29.6 Å². The van der Waals surface area contributed by atoms with Crippen molar-refractivity contribution in [3.63, 3.8) is 0 Å². The molecular weight excluding hydrogens is 334 g/mol. The van der Waals surface area contributed by atoms with E-state index in [0.29, 0.717) is 56.8 Å². The van der Waals surface area contributed by atoms with Crippen LogP contribution in [0.5, 0.6) is 0 Å². The van der Waals surface area contributed by atoms with E-state index >= 15 is 0 Å². The molecule has 7 heteroatoms. The molecule has 26 heavy (non-hydrogen) atoms. The lowest BCUT2D eigenvalue weighted by Gasteiger charge is -2.37. The fourth-order valence-corrected chi connectivity index (χ4v) is 3.38. The summed E-state index contributed by atoms with van der Waals surface area (Å²) >= 11 is 0. The van der Waals surface area contributed by atoms with E-state index in [9.17, 15) is 9.59 Å². The molecule has 0 unspecified atom stereocenters. The van der Waals surface area contributed by atoms with Crippen LogP contribution in [0.25, 0.3) is 0 Å².